The molecule has 138 valence electrons. The molecule has 6 nitrogen and oxygen atoms in total. The van der Waals surface area contributed by atoms with E-state index in [-0.39, 0.29) is 29.3 Å². The summed E-state index contributed by atoms with van der Waals surface area (Å²) < 4.78 is 15.9. The molecule has 0 aromatic heterocycles. The first-order chi connectivity index (χ1) is 12.5. The number of esters is 1. The lowest BCUT2D eigenvalue weighted by Gasteiger charge is -2.17. The summed E-state index contributed by atoms with van der Waals surface area (Å²) in [5.41, 5.74) is 1.81. The summed E-state index contributed by atoms with van der Waals surface area (Å²) in [6, 6.07) is 10.3. The Kier molecular flexibility index (Phi) is 5.21. The fourth-order valence-electron chi connectivity index (χ4n) is 3.32. The number of ether oxygens (including phenoxy) is 3. The Morgan fingerprint density at radius 2 is 1.65 bits per heavy atom. The Morgan fingerprint density at radius 1 is 0.962 bits per heavy atom. The van der Waals surface area contributed by atoms with Crippen LogP contribution in [0, 0.1) is 11.8 Å². The van der Waals surface area contributed by atoms with E-state index < -0.39 is 0 Å². The third-order valence-corrected chi connectivity index (χ3v) is 4.75. The molecule has 1 saturated heterocycles. The van der Waals surface area contributed by atoms with Gasteiger partial charge in [-0.2, -0.15) is 0 Å². The van der Waals surface area contributed by atoms with Crippen LogP contribution >= 0.6 is 0 Å². The molecule has 6 heteroatoms. The van der Waals surface area contributed by atoms with Crippen LogP contribution in [0.25, 0.3) is 0 Å². The molecule has 0 amide bonds. The van der Waals surface area contributed by atoms with E-state index in [2.05, 4.69) is 0 Å². The van der Waals surface area contributed by atoms with Gasteiger partial charge in [0.1, 0.15) is 0 Å². The molecule has 2 N–H and O–H groups in total. The summed E-state index contributed by atoms with van der Waals surface area (Å²) in [5.74, 6) is 0.433. The van der Waals surface area contributed by atoms with Crippen molar-refractivity contribution >= 4 is 5.97 Å². The number of aromatic hydroxyl groups is 2. The topological polar surface area (TPSA) is 85.2 Å². The van der Waals surface area contributed by atoms with Crippen molar-refractivity contribution in [1.29, 1.82) is 0 Å². The van der Waals surface area contributed by atoms with E-state index in [9.17, 15) is 15.0 Å². The highest BCUT2D eigenvalue weighted by Gasteiger charge is 2.37. The van der Waals surface area contributed by atoms with Gasteiger partial charge in [0.2, 0.25) is 0 Å². The lowest BCUT2D eigenvalue weighted by atomic mass is 9.85. The monoisotopic (exact) mass is 358 g/mol. The van der Waals surface area contributed by atoms with Crippen LogP contribution in [-0.4, -0.2) is 37.0 Å². The number of carbonyl (C=O) groups excluding carboxylic acids is 1. The zero-order valence-corrected chi connectivity index (χ0v) is 14.8. The Balaban J connectivity index is 1.76. The zero-order chi connectivity index (χ0) is 18.7. The molecule has 0 unspecified atom stereocenters. The molecule has 0 radical (unpaired) electrons. The fraction of sp³-hybridized carbons (Fsp3) is 0.350. The van der Waals surface area contributed by atoms with Crippen LogP contribution in [0.1, 0.15) is 11.1 Å². The predicted molar refractivity (Wildman–Crippen MR) is 94.7 cm³/mol. The van der Waals surface area contributed by atoms with Crippen molar-refractivity contribution in [1.82, 2.24) is 0 Å². The molecular weight excluding hydrogens is 336 g/mol. The molecule has 1 aliphatic rings. The summed E-state index contributed by atoms with van der Waals surface area (Å²) in [7, 11) is 3.17. The molecule has 0 saturated carbocycles. The Hall–Kier alpha value is -2.89. The highest BCUT2D eigenvalue weighted by atomic mass is 16.5. The highest BCUT2D eigenvalue weighted by Crippen LogP contribution is 2.34. The number of cyclic esters (lactones) is 1. The largest absolute Gasteiger partial charge is 0.504 e. The van der Waals surface area contributed by atoms with Gasteiger partial charge in [-0.05, 0) is 48.2 Å². The van der Waals surface area contributed by atoms with Crippen LogP contribution in [0.5, 0.6) is 23.0 Å². The van der Waals surface area contributed by atoms with Gasteiger partial charge >= 0.3 is 5.97 Å². The smallest absolute Gasteiger partial charge is 0.309 e. The number of hydrogen-bond donors (Lipinski definition) is 2. The maximum absolute atomic E-state index is 12.2. The summed E-state index contributed by atoms with van der Waals surface area (Å²) in [6.45, 7) is 0.363. The zero-order valence-electron chi connectivity index (χ0n) is 14.8. The number of rotatable bonds is 6. The lowest BCUT2D eigenvalue weighted by molar-refractivity contribution is -0.141. The van der Waals surface area contributed by atoms with Crippen LogP contribution in [-0.2, 0) is 22.4 Å². The van der Waals surface area contributed by atoms with Gasteiger partial charge in [-0.15, -0.1) is 0 Å². The predicted octanol–water partition coefficient (Wildman–Crippen LogP) is 2.69. The summed E-state index contributed by atoms with van der Waals surface area (Å²) >= 11 is 0. The molecule has 0 spiro atoms. The van der Waals surface area contributed by atoms with Crippen LogP contribution in [0.2, 0.25) is 0 Å². The van der Waals surface area contributed by atoms with Gasteiger partial charge in [-0.1, -0.05) is 12.1 Å². The second-order valence-corrected chi connectivity index (χ2v) is 6.42. The van der Waals surface area contributed by atoms with E-state index in [1.165, 1.54) is 12.1 Å². The average molecular weight is 358 g/mol. The third kappa shape index (κ3) is 3.69. The third-order valence-electron chi connectivity index (χ3n) is 4.75. The average Bonchev–Trinajstić information content (AvgIpc) is 2.98. The quantitative estimate of drug-likeness (QED) is 0.610. The molecule has 1 fully saturated rings. The molecule has 2 aromatic rings. The number of methoxy groups -OCH3 is 2. The van der Waals surface area contributed by atoms with Crippen molar-refractivity contribution in [3.63, 3.8) is 0 Å². The number of hydrogen-bond acceptors (Lipinski definition) is 6. The second-order valence-electron chi connectivity index (χ2n) is 6.42. The van der Waals surface area contributed by atoms with Gasteiger partial charge in [-0.25, -0.2) is 0 Å². The molecule has 2 aromatic carbocycles. The van der Waals surface area contributed by atoms with E-state index in [1.807, 2.05) is 18.2 Å². The first kappa shape index (κ1) is 17.9. The maximum Gasteiger partial charge on any atom is 0.309 e. The van der Waals surface area contributed by atoms with E-state index in [0.29, 0.717) is 30.9 Å². The molecule has 1 heterocycles. The Bertz CT molecular complexity index is 801. The van der Waals surface area contributed by atoms with Gasteiger partial charge in [0.25, 0.3) is 0 Å². The van der Waals surface area contributed by atoms with Crippen molar-refractivity contribution in [2.45, 2.75) is 12.8 Å². The lowest BCUT2D eigenvalue weighted by Crippen LogP contribution is -2.20. The van der Waals surface area contributed by atoms with Crippen molar-refractivity contribution in [3.8, 4) is 23.0 Å². The van der Waals surface area contributed by atoms with E-state index in [4.69, 9.17) is 14.2 Å². The van der Waals surface area contributed by atoms with Crippen LogP contribution < -0.4 is 9.47 Å². The Morgan fingerprint density at radius 3 is 2.35 bits per heavy atom. The minimum absolute atomic E-state index is 0.0246. The van der Waals surface area contributed by atoms with Gasteiger partial charge in [-0.3, -0.25) is 4.79 Å². The standard InChI is InChI=1S/C20H22O6/c1-24-18-6-4-12(10-19(18)25-2)7-14-11-26-20(23)15(14)8-13-3-5-16(21)17(22)9-13/h3-6,9-10,14-15,21-22H,7-8,11H2,1-2H3/t14-,15+/m0/s1. The van der Waals surface area contributed by atoms with Gasteiger partial charge in [0.05, 0.1) is 26.7 Å². The number of phenolic OH excluding ortho intramolecular Hbond substituents is 2. The Labute approximate surface area is 151 Å². The van der Waals surface area contributed by atoms with Gasteiger partial charge in [0, 0.05) is 5.92 Å². The molecular formula is C20H22O6. The minimum atomic E-state index is -0.299. The van der Waals surface area contributed by atoms with E-state index >= 15 is 0 Å². The molecule has 0 bridgehead atoms. The van der Waals surface area contributed by atoms with E-state index in [0.717, 1.165) is 11.1 Å². The normalized spacial score (nSPS) is 19.2. The maximum atomic E-state index is 12.2. The number of carbonyl (C=O) groups is 1. The highest BCUT2D eigenvalue weighted by molar-refractivity contribution is 5.75. The van der Waals surface area contributed by atoms with Crippen LogP contribution in [0.3, 0.4) is 0 Å². The van der Waals surface area contributed by atoms with Crippen LogP contribution in [0.15, 0.2) is 36.4 Å². The van der Waals surface area contributed by atoms with Crippen molar-refractivity contribution in [2.24, 2.45) is 11.8 Å². The fourth-order valence-corrected chi connectivity index (χ4v) is 3.32. The van der Waals surface area contributed by atoms with Crippen molar-refractivity contribution < 1.29 is 29.2 Å². The second kappa shape index (κ2) is 7.56. The molecule has 0 aliphatic carbocycles. The van der Waals surface area contributed by atoms with Crippen molar-refractivity contribution in [3.05, 3.63) is 47.5 Å². The van der Waals surface area contributed by atoms with Crippen molar-refractivity contribution in [2.75, 3.05) is 20.8 Å². The molecule has 26 heavy (non-hydrogen) atoms. The number of phenols is 2. The molecule has 3 rings (SSSR count). The van der Waals surface area contributed by atoms with Gasteiger partial charge in [0.15, 0.2) is 23.0 Å². The summed E-state index contributed by atoms with van der Waals surface area (Å²) in [6.07, 6.45) is 1.12. The minimum Gasteiger partial charge on any atom is -0.504 e. The van der Waals surface area contributed by atoms with Gasteiger partial charge < -0.3 is 24.4 Å². The molecule has 2 atom stereocenters. The number of benzene rings is 2. The molecule has 1 aliphatic heterocycles. The van der Waals surface area contributed by atoms with E-state index in [1.54, 1.807) is 20.3 Å². The first-order valence-corrected chi connectivity index (χ1v) is 8.40. The SMILES string of the molecule is COc1ccc(C[C@H]2COC(=O)[C@@H]2Cc2ccc(O)c(O)c2)cc1OC. The summed E-state index contributed by atoms with van der Waals surface area (Å²) in [5, 5.41) is 19.1. The summed E-state index contributed by atoms with van der Waals surface area (Å²) in [4.78, 5) is 12.2. The van der Waals surface area contributed by atoms with Crippen LogP contribution in [0.4, 0.5) is 0 Å². The first-order valence-electron chi connectivity index (χ1n) is 8.40.